The van der Waals surface area contributed by atoms with Crippen LogP contribution in [-0.2, 0) is 16.0 Å². The predicted molar refractivity (Wildman–Crippen MR) is 105 cm³/mol. The summed E-state index contributed by atoms with van der Waals surface area (Å²) in [6, 6.07) is 12.8. The Hall–Kier alpha value is -3.12. The van der Waals surface area contributed by atoms with Crippen molar-refractivity contribution in [3.05, 3.63) is 70.4 Å². The molecule has 0 aromatic heterocycles. The first-order valence-corrected chi connectivity index (χ1v) is 9.26. The van der Waals surface area contributed by atoms with Crippen LogP contribution in [0.4, 0.5) is 11.4 Å². The number of nitrogens with zero attached hydrogens (tertiary/aromatic N) is 1. The van der Waals surface area contributed by atoms with E-state index in [0.717, 1.165) is 29.7 Å². The van der Waals surface area contributed by atoms with Crippen LogP contribution < -0.4 is 15.3 Å². The van der Waals surface area contributed by atoms with Crippen LogP contribution in [0, 0.1) is 0 Å². The lowest BCUT2D eigenvalue weighted by Crippen LogP contribution is -2.32. The second kappa shape index (κ2) is 8.27. The van der Waals surface area contributed by atoms with Crippen molar-refractivity contribution >= 4 is 40.8 Å². The number of carbonyl (C=O) groups excluding carboxylic acids is 3. The van der Waals surface area contributed by atoms with Crippen LogP contribution >= 0.6 is 11.6 Å². The molecular weight excluding hydrogens is 380 g/mol. The lowest BCUT2D eigenvalue weighted by Gasteiger charge is -2.15. The second-order valence-electron chi connectivity index (χ2n) is 6.39. The Bertz CT molecular complexity index is 949. The summed E-state index contributed by atoms with van der Waals surface area (Å²) in [5, 5.41) is 13.4. The molecule has 28 heavy (non-hydrogen) atoms. The van der Waals surface area contributed by atoms with E-state index in [1.807, 2.05) is 12.1 Å². The molecular formula is C21H18ClN2O4-. The first-order valence-electron chi connectivity index (χ1n) is 8.88. The van der Waals surface area contributed by atoms with Crippen molar-refractivity contribution in [2.24, 2.45) is 0 Å². The Morgan fingerprint density at radius 1 is 1.04 bits per heavy atom. The molecule has 144 valence electrons. The van der Waals surface area contributed by atoms with Gasteiger partial charge in [-0.05, 0) is 48.2 Å². The van der Waals surface area contributed by atoms with Crippen molar-refractivity contribution in [3.8, 4) is 0 Å². The number of rotatable bonds is 7. The van der Waals surface area contributed by atoms with Crippen LogP contribution in [0.25, 0.3) is 0 Å². The van der Waals surface area contributed by atoms with Crippen molar-refractivity contribution in [3.63, 3.8) is 0 Å². The molecule has 3 rings (SSSR count). The number of carbonyl (C=O) groups is 3. The summed E-state index contributed by atoms with van der Waals surface area (Å²) < 4.78 is 0. The van der Waals surface area contributed by atoms with Gasteiger partial charge >= 0.3 is 0 Å². The zero-order chi connectivity index (χ0) is 20.3. The van der Waals surface area contributed by atoms with E-state index in [0.29, 0.717) is 11.4 Å². The molecule has 2 aromatic carbocycles. The van der Waals surface area contributed by atoms with E-state index >= 15 is 0 Å². The zero-order valence-corrected chi connectivity index (χ0v) is 16.0. The summed E-state index contributed by atoms with van der Waals surface area (Å²) in [7, 11) is 0. The predicted octanol–water partition coefficient (Wildman–Crippen LogP) is 2.83. The molecule has 7 heteroatoms. The van der Waals surface area contributed by atoms with E-state index in [2.05, 4.69) is 12.2 Å². The molecule has 0 radical (unpaired) electrons. The second-order valence-corrected chi connectivity index (χ2v) is 6.77. The smallest absolute Gasteiger partial charge is 0.283 e. The maximum Gasteiger partial charge on any atom is 0.283 e. The fourth-order valence-corrected chi connectivity index (χ4v) is 3.09. The maximum atomic E-state index is 12.8. The van der Waals surface area contributed by atoms with Crippen LogP contribution in [0.2, 0.25) is 0 Å². The number of aromatic carboxylic acids is 1. The van der Waals surface area contributed by atoms with Gasteiger partial charge in [0.2, 0.25) is 0 Å². The molecule has 1 aliphatic rings. The number of hydrogen-bond donors (Lipinski definition) is 1. The summed E-state index contributed by atoms with van der Waals surface area (Å²) in [4.78, 5) is 37.1. The first-order chi connectivity index (χ1) is 13.4. The van der Waals surface area contributed by atoms with E-state index in [4.69, 9.17) is 11.6 Å². The standard InChI is InChI=1S/C21H19ClN2O4/c1-2-3-4-13-5-11-16(12-6-13)24-19(25)17(22)18(20(24)26)23-15-9-7-14(8-10-15)21(27)28/h5-12,23H,2-4H2,1H3,(H,27,28)/p-1. The number of nitrogens with one attached hydrogen (secondary N) is 1. The molecule has 0 aliphatic carbocycles. The number of benzene rings is 2. The number of hydrogen-bond acceptors (Lipinski definition) is 5. The van der Waals surface area contributed by atoms with Gasteiger partial charge < -0.3 is 15.2 Å². The van der Waals surface area contributed by atoms with Gasteiger partial charge in [0.05, 0.1) is 11.7 Å². The van der Waals surface area contributed by atoms with Crippen molar-refractivity contribution in [1.29, 1.82) is 0 Å². The van der Waals surface area contributed by atoms with Crippen LogP contribution in [0.5, 0.6) is 0 Å². The lowest BCUT2D eigenvalue weighted by molar-refractivity contribution is -0.255. The minimum Gasteiger partial charge on any atom is -0.545 e. The van der Waals surface area contributed by atoms with Gasteiger partial charge in [-0.25, -0.2) is 4.90 Å². The van der Waals surface area contributed by atoms with Gasteiger partial charge in [0.25, 0.3) is 11.8 Å². The molecule has 1 aliphatic heterocycles. The molecule has 0 bridgehead atoms. The maximum absolute atomic E-state index is 12.8. The average molecular weight is 398 g/mol. The molecule has 2 amide bonds. The Morgan fingerprint density at radius 3 is 2.25 bits per heavy atom. The first kappa shape index (κ1) is 19.6. The Morgan fingerprint density at radius 2 is 1.68 bits per heavy atom. The molecule has 0 saturated carbocycles. The molecule has 6 nitrogen and oxygen atoms in total. The topological polar surface area (TPSA) is 89.5 Å². The number of unbranched alkanes of at least 4 members (excludes halogenated alkanes) is 1. The quantitative estimate of drug-likeness (QED) is 0.725. The highest BCUT2D eigenvalue weighted by Gasteiger charge is 2.38. The Balaban J connectivity index is 1.78. The summed E-state index contributed by atoms with van der Waals surface area (Å²) in [6.45, 7) is 2.12. The fraction of sp³-hybridized carbons (Fsp3) is 0.190. The highest BCUT2D eigenvalue weighted by Crippen LogP contribution is 2.30. The van der Waals surface area contributed by atoms with Gasteiger partial charge in [-0.3, -0.25) is 9.59 Å². The Kier molecular flexibility index (Phi) is 5.80. The third-order valence-electron chi connectivity index (χ3n) is 4.43. The summed E-state index contributed by atoms with van der Waals surface area (Å²) in [6.07, 6.45) is 3.09. The number of amides is 2. The van der Waals surface area contributed by atoms with Gasteiger partial charge in [0.15, 0.2) is 0 Å². The molecule has 0 saturated heterocycles. The summed E-state index contributed by atoms with van der Waals surface area (Å²) in [5.41, 5.74) is 1.95. The highest BCUT2D eigenvalue weighted by atomic mass is 35.5. The molecule has 2 aromatic rings. The van der Waals surface area contributed by atoms with Gasteiger partial charge in [-0.15, -0.1) is 0 Å². The van der Waals surface area contributed by atoms with Crippen molar-refractivity contribution in [1.82, 2.24) is 0 Å². The minimum absolute atomic E-state index is 0.00393. The third kappa shape index (κ3) is 3.92. The molecule has 0 unspecified atom stereocenters. The van der Waals surface area contributed by atoms with E-state index < -0.39 is 17.8 Å². The molecule has 1 heterocycles. The number of carboxylic acids is 1. The normalized spacial score (nSPS) is 14.0. The number of anilines is 2. The summed E-state index contributed by atoms with van der Waals surface area (Å²) >= 11 is 6.10. The van der Waals surface area contributed by atoms with E-state index in [1.54, 1.807) is 12.1 Å². The highest BCUT2D eigenvalue weighted by molar-refractivity contribution is 6.53. The van der Waals surface area contributed by atoms with Crippen molar-refractivity contribution in [2.45, 2.75) is 26.2 Å². The number of carboxylic acid groups (broad SMARTS) is 1. The molecule has 0 fully saturated rings. The van der Waals surface area contributed by atoms with Crippen molar-refractivity contribution in [2.75, 3.05) is 10.2 Å². The number of halogens is 1. The molecule has 0 spiro atoms. The van der Waals surface area contributed by atoms with Gasteiger partial charge in [0.1, 0.15) is 10.7 Å². The van der Waals surface area contributed by atoms with Gasteiger partial charge in [-0.2, -0.15) is 0 Å². The molecule has 0 atom stereocenters. The van der Waals surface area contributed by atoms with Crippen molar-refractivity contribution < 1.29 is 19.5 Å². The number of imide groups is 1. The van der Waals surface area contributed by atoms with Crippen LogP contribution in [-0.4, -0.2) is 17.8 Å². The van der Waals surface area contributed by atoms with E-state index in [9.17, 15) is 19.5 Å². The minimum atomic E-state index is -1.30. The van der Waals surface area contributed by atoms with Crippen LogP contribution in [0.3, 0.4) is 0 Å². The number of aryl methyl sites for hydroxylation is 1. The van der Waals surface area contributed by atoms with E-state index in [-0.39, 0.29) is 16.3 Å². The Labute approximate surface area is 167 Å². The van der Waals surface area contributed by atoms with Crippen LogP contribution in [0.1, 0.15) is 35.7 Å². The zero-order valence-electron chi connectivity index (χ0n) is 15.2. The van der Waals surface area contributed by atoms with Crippen LogP contribution in [0.15, 0.2) is 59.3 Å². The third-order valence-corrected chi connectivity index (χ3v) is 4.78. The average Bonchev–Trinajstić information content (AvgIpc) is 2.90. The van der Waals surface area contributed by atoms with E-state index in [1.165, 1.54) is 24.3 Å². The SMILES string of the molecule is CCCCc1ccc(N2C(=O)C(Cl)=C(Nc3ccc(C(=O)[O-])cc3)C2=O)cc1. The largest absolute Gasteiger partial charge is 0.545 e. The van der Waals surface area contributed by atoms with Gasteiger partial charge in [-0.1, -0.05) is 49.2 Å². The van der Waals surface area contributed by atoms with Gasteiger partial charge in [0, 0.05) is 5.69 Å². The summed E-state index contributed by atoms with van der Waals surface area (Å²) in [5.74, 6) is -2.48. The molecule has 1 N–H and O–H groups in total. The monoisotopic (exact) mass is 397 g/mol. The fourth-order valence-electron chi connectivity index (χ4n) is 2.87. The lowest BCUT2D eigenvalue weighted by atomic mass is 10.1.